The van der Waals surface area contributed by atoms with E-state index in [1.165, 1.54) is 6.42 Å². The molecule has 0 aliphatic heterocycles. The number of nitrogens with one attached hydrogen (secondary N) is 1. The summed E-state index contributed by atoms with van der Waals surface area (Å²) in [6.07, 6.45) is 6.26. The Kier molecular flexibility index (Phi) is 7.34. The van der Waals surface area contributed by atoms with Gasteiger partial charge < -0.3 is 10.4 Å². The third-order valence-electron chi connectivity index (χ3n) is 7.36. The summed E-state index contributed by atoms with van der Waals surface area (Å²) in [6.45, 7) is 10.9. The van der Waals surface area contributed by atoms with Crippen LogP contribution in [-0.2, 0) is 9.59 Å². The first-order valence-electron chi connectivity index (χ1n) is 13.0. The summed E-state index contributed by atoms with van der Waals surface area (Å²) < 4.78 is 2.13. The maximum absolute atomic E-state index is 13.0. The van der Waals surface area contributed by atoms with Crippen LogP contribution in [0.1, 0.15) is 113 Å². The van der Waals surface area contributed by atoms with E-state index in [2.05, 4.69) is 41.1 Å². The van der Waals surface area contributed by atoms with Gasteiger partial charge in [0, 0.05) is 30.4 Å². The Hall–Kier alpha value is -2.70. The summed E-state index contributed by atoms with van der Waals surface area (Å²) in [5, 5.41) is 21.5. The molecule has 1 heterocycles. The van der Waals surface area contributed by atoms with E-state index in [1.807, 2.05) is 32.0 Å². The zero-order chi connectivity index (χ0) is 25.3. The first-order chi connectivity index (χ1) is 16.5. The van der Waals surface area contributed by atoms with Crippen LogP contribution in [0.25, 0.3) is 0 Å². The van der Waals surface area contributed by atoms with E-state index < -0.39 is 5.97 Å². The number of benzene rings is 1. The Morgan fingerprint density at radius 2 is 1.91 bits per heavy atom. The SMILES string of the molecule is Cc1ccc(NC(=O)C[C@@H](CCC(=O)O)c2nnn([C@H]3C[C@H](CC(C)(C)C)C3)c2C2CC2)c(C)c1. The van der Waals surface area contributed by atoms with Gasteiger partial charge in [0.15, 0.2) is 0 Å². The highest BCUT2D eigenvalue weighted by atomic mass is 16.4. The second kappa shape index (κ2) is 10.1. The van der Waals surface area contributed by atoms with Gasteiger partial charge in [-0.15, -0.1) is 5.10 Å². The Balaban J connectivity index is 1.51. The highest BCUT2D eigenvalue weighted by Gasteiger charge is 2.40. The van der Waals surface area contributed by atoms with Crippen molar-refractivity contribution >= 4 is 17.6 Å². The van der Waals surface area contributed by atoms with Crippen LogP contribution in [0.15, 0.2) is 18.2 Å². The quantitative estimate of drug-likeness (QED) is 0.426. The number of aliphatic carboxylic acids is 1. The monoisotopic (exact) mass is 480 g/mol. The van der Waals surface area contributed by atoms with Gasteiger partial charge in [-0.1, -0.05) is 43.7 Å². The number of nitrogens with zero attached hydrogens (tertiary/aromatic N) is 3. The van der Waals surface area contributed by atoms with Crippen LogP contribution < -0.4 is 5.32 Å². The summed E-state index contributed by atoms with van der Waals surface area (Å²) in [5.74, 6) is -0.0826. The fourth-order valence-electron chi connectivity index (χ4n) is 5.57. The molecule has 1 atom stereocenters. The minimum atomic E-state index is -0.853. The molecule has 2 aliphatic rings. The number of hydrogen-bond donors (Lipinski definition) is 2. The molecule has 0 bridgehead atoms. The molecular weight excluding hydrogens is 440 g/mol. The van der Waals surface area contributed by atoms with E-state index in [1.54, 1.807) is 0 Å². The molecule has 4 rings (SSSR count). The molecule has 2 aliphatic carbocycles. The fourth-order valence-corrected chi connectivity index (χ4v) is 5.57. The number of carboxylic acid groups (broad SMARTS) is 1. The van der Waals surface area contributed by atoms with Crippen LogP contribution in [0.4, 0.5) is 5.69 Å². The van der Waals surface area contributed by atoms with Gasteiger partial charge in [-0.3, -0.25) is 9.59 Å². The van der Waals surface area contributed by atoms with Gasteiger partial charge in [0.1, 0.15) is 0 Å². The molecule has 2 N–H and O–H groups in total. The van der Waals surface area contributed by atoms with Crippen molar-refractivity contribution in [1.29, 1.82) is 0 Å². The maximum atomic E-state index is 13.0. The lowest BCUT2D eigenvalue weighted by molar-refractivity contribution is -0.137. The van der Waals surface area contributed by atoms with E-state index in [0.717, 1.165) is 53.9 Å². The van der Waals surface area contributed by atoms with Gasteiger partial charge in [0.25, 0.3) is 0 Å². The smallest absolute Gasteiger partial charge is 0.303 e. The van der Waals surface area contributed by atoms with E-state index >= 15 is 0 Å². The Morgan fingerprint density at radius 3 is 2.51 bits per heavy atom. The lowest BCUT2D eigenvalue weighted by atomic mass is 9.71. The van der Waals surface area contributed by atoms with Crippen molar-refractivity contribution in [1.82, 2.24) is 15.0 Å². The van der Waals surface area contributed by atoms with Gasteiger partial charge in [0.05, 0.1) is 17.4 Å². The van der Waals surface area contributed by atoms with Crippen LogP contribution in [0.5, 0.6) is 0 Å². The average molecular weight is 481 g/mol. The molecule has 190 valence electrons. The Bertz CT molecular complexity index is 1070. The fraction of sp³-hybridized carbons (Fsp3) is 0.643. The van der Waals surface area contributed by atoms with Gasteiger partial charge in [-0.05, 0) is 75.3 Å². The number of rotatable bonds is 10. The molecule has 0 saturated heterocycles. The zero-order valence-corrected chi connectivity index (χ0v) is 21.8. The third kappa shape index (κ3) is 6.50. The molecule has 1 aromatic heterocycles. The molecule has 7 heteroatoms. The number of aromatic nitrogens is 3. The second-order valence-electron chi connectivity index (χ2n) is 12.0. The van der Waals surface area contributed by atoms with Gasteiger partial charge in [-0.2, -0.15) is 0 Å². The summed E-state index contributed by atoms with van der Waals surface area (Å²) in [5.41, 5.74) is 5.27. The minimum Gasteiger partial charge on any atom is -0.481 e. The predicted octanol–water partition coefficient (Wildman–Crippen LogP) is 6.14. The number of hydrogen-bond acceptors (Lipinski definition) is 4. The molecule has 2 aromatic rings. The molecule has 7 nitrogen and oxygen atoms in total. The summed E-state index contributed by atoms with van der Waals surface area (Å²) in [7, 11) is 0. The van der Waals surface area contributed by atoms with E-state index in [0.29, 0.717) is 29.7 Å². The molecule has 1 amide bonds. The molecular formula is C28H40N4O3. The number of anilines is 1. The number of carboxylic acids is 1. The van der Waals surface area contributed by atoms with Crippen molar-refractivity contribution in [2.75, 3.05) is 5.32 Å². The normalized spacial score (nSPS) is 20.8. The van der Waals surface area contributed by atoms with Gasteiger partial charge >= 0.3 is 5.97 Å². The highest BCUT2D eigenvalue weighted by Crippen LogP contribution is 2.49. The number of amides is 1. The van der Waals surface area contributed by atoms with E-state index in [-0.39, 0.29) is 24.7 Å². The summed E-state index contributed by atoms with van der Waals surface area (Å²) >= 11 is 0. The third-order valence-corrected chi connectivity index (χ3v) is 7.36. The molecule has 0 radical (unpaired) electrons. The second-order valence-corrected chi connectivity index (χ2v) is 12.0. The Morgan fingerprint density at radius 1 is 1.20 bits per heavy atom. The number of carbonyl (C=O) groups is 2. The number of carbonyl (C=O) groups excluding carboxylic acids is 1. The first kappa shape index (κ1) is 25.4. The van der Waals surface area contributed by atoms with Crippen LogP contribution in [0, 0.1) is 25.2 Å². The lowest BCUT2D eigenvalue weighted by Gasteiger charge is -2.39. The maximum Gasteiger partial charge on any atom is 0.303 e. The number of aryl methyl sites for hydroxylation is 2. The molecule has 0 spiro atoms. The van der Waals surface area contributed by atoms with Crippen molar-refractivity contribution in [3.05, 3.63) is 40.7 Å². The van der Waals surface area contributed by atoms with Gasteiger partial charge in [0.2, 0.25) is 5.91 Å². The van der Waals surface area contributed by atoms with Crippen molar-refractivity contribution < 1.29 is 14.7 Å². The zero-order valence-electron chi connectivity index (χ0n) is 21.8. The van der Waals surface area contributed by atoms with Crippen molar-refractivity contribution in [3.63, 3.8) is 0 Å². The van der Waals surface area contributed by atoms with E-state index in [9.17, 15) is 14.7 Å². The minimum absolute atomic E-state index is 0.00948. The van der Waals surface area contributed by atoms with Crippen LogP contribution >= 0.6 is 0 Å². The average Bonchev–Trinajstić information content (AvgIpc) is 3.47. The molecule has 2 fully saturated rings. The van der Waals surface area contributed by atoms with E-state index in [4.69, 9.17) is 0 Å². The van der Waals surface area contributed by atoms with Crippen molar-refractivity contribution in [2.24, 2.45) is 11.3 Å². The molecule has 0 unspecified atom stereocenters. The topological polar surface area (TPSA) is 97.1 Å². The first-order valence-corrected chi connectivity index (χ1v) is 13.0. The van der Waals surface area contributed by atoms with Crippen LogP contribution in [0.2, 0.25) is 0 Å². The van der Waals surface area contributed by atoms with Crippen molar-refractivity contribution in [3.8, 4) is 0 Å². The van der Waals surface area contributed by atoms with Crippen LogP contribution in [0.3, 0.4) is 0 Å². The van der Waals surface area contributed by atoms with Crippen molar-refractivity contribution in [2.45, 2.75) is 104 Å². The van der Waals surface area contributed by atoms with Crippen LogP contribution in [-0.4, -0.2) is 32.0 Å². The molecule has 1 aromatic carbocycles. The molecule has 35 heavy (non-hydrogen) atoms. The lowest BCUT2D eigenvalue weighted by Crippen LogP contribution is -2.31. The summed E-state index contributed by atoms with van der Waals surface area (Å²) in [4.78, 5) is 24.4. The highest BCUT2D eigenvalue weighted by molar-refractivity contribution is 5.92. The standard InChI is InChI=1S/C28H40N4O3/c1-17-6-10-23(18(2)12-17)29-24(33)15-21(9-11-25(34)35)26-27(20-7-8-20)32(31-30-26)22-13-19(14-22)16-28(3,4)5/h6,10,12,19-22H,7-9,11,13-16H2,1-5H3,(H,29,33)(H,34,35)/t19-,21-,22-/m1/s1. The Labute approximate surface area is 208 Å². The largest absolute Gasteiger partial charge is 0.481 e. The van der Waals surface area contributed by atoms with Gasteiger partial charge in [-0.25, -0.2) is 4.68 Å². The molecule has 2 saturated carbocycles. The predicted molar refractivity (Wildman–Crippen MR) is 137 cm³/mol. The summed E-state index contributed by atoms with van der Waals surface area (Å²) in [6, 6.07) is 6.31.